The van der Waals surface area contributed by atoms with E-state index in [4.69, 9.17) is 23.2 Å². The van der Waals surface area contributed by atoms with Gasteiger partial charge in [0.1, 0.15) is 10.7 Å². The summed E-state index contributed by atoms with van der Waals surface area (Å²) in [5.74, 6) is -0.383. The highest BCUT2D eigenvalue weighted by Crippen LogP contribution is 2.29. The van der Waals surface area contributed by atoms with Crippen molar-refractivity contribution in [3.8, 4) is 0 Å². The van der Waals surface area contributed by atoms with Gasteiger partial charge in [0.25, 0.3) is 0 Å². The fourth-order valence-electron chi connectivity index (χ4n) is 1.81. The lowest BCUT2D eigenvalue weighted by Gasteiger charge is -2.15. The monoisotopic (exact) mass is 347 g/mol. The maximum atomic E-state index is 12.9. The first kappa shape index (κ1) is 16.2. The summed E-state index contributed by atoms with van der Waals surface area (Å²) < 4.78 is 40.0. The van der Waals surface area contributed by atoms with Crippen molar-refractivity contribution in [1.82, 2.24) is 4.72 Å². The van der Waals surface area contributed by atoms with E-state index in [1.165, 1.54) is 42.5 Å². The van der Waals surface area contributed by atoms with E-state index in [1.807, 2.05) is 0 Å². The van der Waals surface area contributed by atoms with Crippen molar-refractivity contribution in [3.05, 3.63) is 63.9 Å². The van der Waals surface area contributed by atoms with Gasteiger partial charge in [-0.3, -0.25) is 0 Å². The van der Waals surface area contributed by atoms with Crippen molar-refractivity contribution in [3.63, 3.8) is 0 Å². The van der Waals surface area contributed by atoms with Gasteiger partial charge in [0.05, 0.1) is 10.0 Å². The second-order valence-corrected chi connectivity index (χ2v) is 6.91. The summed E-state index contributed by atoms with van der Waals surface area (Å²) in [5, 5.41) is 0.131. The van der Waals surface area contributed by atoms with Crippen LogP contribution in [-0.4, -0.2) is 8.42 Å². The number of nitrogens with one attached hydrogen (secondary N) is 1. The van der Waals surface area contributed by atoms with E-state index in [1.54, 1.807) is 6.92 Å². The van der Waals surface area contributed by atoms with Crippen molar-refractivity contribution in [1.29, 1.82) is 0 Å². The third kappa shape index (κ3) is 3.74. The summed E-state index contributed by atoms with van der Waals surface area (Å²) in [5.41, 5.74) is 0.637. The molecular formula is C14H12Cl2FNO2S. The molecule has 0 unspecified atom stereocenters. The van der Waals surface area contributed by atoms with E-state index in [0.29, 0.717) is 5.56 Å². The van der Waals surface area contributed by atoms with Gasteiger partial charge in [-0.05, 0) is 36.8 Å². The van der Waals surface area contributed by atoms with Crippen LogP contribution in [0.1, 0.15) is 18.5 Å². The maximum absolute atomic E-state index is 12.9. The lowest BCUT2D eigenvalue weighted by molar-refractivity contribution is 0.566. The number of benzene rings is 2. The molecule has 0 spiro atoms. The molecule has 0 aliphatic rings. The zero-order chi connectivity index (χ0) is 15.6. The van der Waals surface area contributed by atoms with Crippen LogP contribution in [0.4, 0.5) is 4.39 Å². The molecule has 112 valence electrons. The first-order valence-corrected chi connectivity index (χ1v) is 8.27. The highest BCUT2D eigenvalue weighted by atomic mass is 35.5. The van der Waals surface area contributed by atoms with Gasteiger partial charge in [0, 0.05) is 6.04 Å². The minimum atomic E-state index is -3.83. The predicted octanol–water partition coefficient (Wildman–Crippen LogP) is 4.17. The van der Waals surface area contributed by atoms with Crippen molar-refractivity contribution in [2.75, 3.05) is 0 Å². The smallest absolute Gasteiger partial charge is 0.207 e. The first-order valence-electron chi connectivity index (χ1n) is 6.03. The molecule has 0 fully saturated rings. The summed E-state index contributed by atoms with van der Waals surface area (Å²) in [6.07, 6.45) is 0. The Morgan fingerprint density at radius 1 is 1.10 bits per heavy atom. The SMILES string of the molecule is C[C@@H](NS(=O)(=O)c1cccc(Cl)c1Cl)c1ccc(F)cc1. The van der Waals surface area contributed by atoms with Gasteiger partial charge < -0.3 is 0 Å². The van der Waals surface area contributed by atoms with E-state index in [-0.39, 0.29) is 20.8 Å². The standard InChI is InChI=1S/C14H12Cl2FNO2S/c1-9(10-5-7-11(17)8-6-10)18-21(19,20)13-4-2-3-12(15)14(13)16/h2-9,18H,1H3/t9-/m1/s1. The molecule has 2 rings (SSSR count). The maximum Gasteiger partial charge on any atom is 0.242 e. The van der Waals surface area contributed by atoms with Gasteiger partial charge >= 0.3 is 0 Å². The Morgan fingerprint density at radius 2 is 1.71 bits per heavy atom. The van der Waals surface area contributed by atoms with Gasteiger partial charge in [-0.2, -0.15) is 0 Å². The molecule has 0 aliphatic carbocycles. The molecule has 0 amide bonds. The molecule has 0 heterocycles. The molecule has 1 N–H and O–H groups in total. The summed E-state index contributed by atoms with van der Waals surface area (Å²) in [7, 11) is -3.83. The van der Waals surface area contributed by atoms with Crippen LogP contribution in [0.3, 0.4) is 0 Å². The minimum absolute atomic E-state index is 0.0297. The molecule has 0 aromatic heterocycles. The third-order valence-corrected chi connectivity index (χ3v) is 5.42. The van der Waals surface area contributed by atoms with E-state index >= 15 is 0 Å². The van der Waals surface area contributed by atoms with Gasteiger partial charge in [0.2, 0.25) is 10.0 Å². The van der Waals surface area contributed by atoms with Crippen molar-refractivity contribution in [2.24, 2.45) is 0 Å². The number of halogens is 3. The number of rotatable bonds is 4. The van der Waals surface area contributed by atoms with Gasteiger partial charge in [0.15, 0.2) is 0 Å². The average Bonchev–Trinajstić information content (AvgIpc) is 2.41. The lowest BCUT2D eigenvalue weighted by atomic mass is 10.1. The van der Waals surface area contributed by atoms with Crippen LogP contribution in [-0.2, 0) is 10.0 Å². The van der Waals surface area contributed by atoms with Crippen LogP contribution in [0, 0.1) is 5.82 Å². The summed E-state index contributed by atoms with van der Waals surface area (Å²) in [4.78, 5) is -0.0920. The zero-order valence-electron chi connectivity index (χ0n) is 11.0. The molecule has 0 saturated heterocycles. The molecule has 0 bridgehead atoms. The Hall–Kier alpha value is -1.14. The molecule has 0 aliphatic heterocycles. The summed E-state index contributed by atoms with van der Waals surface area (Å²) in [6, 6.07) is 9.42. The number of hydrogen-bond donors (Lipinski definition) is 1. The highest BCUT2D eigenvalue weighted by molar-refractivity contribution is 7.89. The molecule has 21 heavy (non-hydrogen) atoms. The molecular weight excluding hydrogens is 336 g/mol. The van der Waals surface area contributed by atoms with E-state index in [0.717, 1.165) is 0 Å². The van der Waals surface area contributed by atoms with Crippen molar-refractivity contribution < 1.29 is 12.8 Å². The molecule has 3 nitrogen and oxygen atoms in total. The molecule has 0 radical (unpaired) electrons. The third-order valence-electron chi connectivity index (χ3n) is 2.91. The van der Waals surface area contributed by atoms with Crippen LogP contribution in [0.15, 0.2) is 47.4 Å². The minimum Gasteiger partial charge on any atom is -0.207 e. The van der Waals surface area contributed by atoms with Crippen LogP contribution in [0.2, 0.25) is 10.0 Å². The quantitative estimate of drug-likeness (QED) is 0.901. The molecule has 1 atom stereocenters. The molecule has 0 saturated carbocycles. The van der Waals surface area contributed by atoms with Gasteiger partial charge in [-0.15, -0.1) is 0 Å². The fraction of sp³-hybridized carbons (Fsp3) is 0.143. The van der Waals surface area contributed by atoms with Gasteiger partial charge in [-0.25, -0.2) is 17.5 Å². The Kier molecular flexibility index (Phi) is 4.88. The second-order valence-electron chi connectivity index (χ2n) is 4.45. The van der Waals surface area contributed by atoms with Crippen LogP contribution in [0.5, 0.6) is 0 Å². The number of hydrogen-bond acceptors (Lipinski definition) is 2. The van der Waals surface area contributed by atoms with E-state index in [9.17, 15) is 12.8 Å². The largest absolute Gasteiger partial charge is 0.242 e. The summed E-state index contributed by atoms with van der Waals surface area (Å²) >= 11 is 11.8. The second kappa shape index (κ2) is 6.32. The predicted molar refractivity (Wildman–Crippen MR) is 81.6 cm³/mol. The van der Waals surface area contributed by atoms with Crippen LogP contribution >= 0.6 is 23.2 Å². The van der Waals surface area contributed by atoms with E-state index < -0.39 is 16.1 Å². The average molecular weight is 348 g/mol. The van der Waals surface area contributed by atoms with Gasteiger partial charge in [-0.1, -0.05) is 41.4 Å². The Balaban J connectivity index is 2.29. The Labute approximate surface area is 132 Å². The highest BCUT2D eigenvalue weighted by Gasteiger charge is 2.22. The molecule has 2 aromatic carbocycles. The topological polar surface area (TPSA) is 46.2 Å². The number of sulfonamides is 1. The summed E-state index contributed by atoms with van der Waals surface area (Å²) in [6.45, 7) is 1.66. The van der Waals surface area contributed by atoms with Crippen molar-refractivity contribution >= 4 is 33.2 Å². The zero-order valence-corrected chi connectivity index (χ0v) is 13.3. The van der Waals surface area contributed by atoms with Crippen LogP contribution in [0.25, 0.3) is 0 Å². The normalized spacial score (nSPS) is 13.1. The lowest BCUT2D eigenvalue weighted by Crippen LogP contribution is -2.27. The molecule has 7 heteroatoms. The Bertz CT molecular complexity index is 748. The van der Waals surface area contributed by atoms with E-state index in [2.05, 4.69) is 4.72 Å². The van der Waals surface area contributed by atoms with Crippen molar-refractivity contribution in [2.45, 2.75) is 17.9 Å². The molecule has 2 aromatic rings. The van der Waals surface area contributed by atoms with Crippen LogP contribution < -0.4 is 4.72 Å². The fourth-order valence-corrected chi connectivity index (χ4v) is 3.80. The Morgan fingerprint density at radius 3 is 2.33 bits per heavy atom. The first-order chi connectivity index (χ1) is 9.81.